The van der Waals surface area contributed by atoms with E-state index in [4.69, 9.17) is 4.42 Å². The molecule has 1 saturated carbocycles. The van der Waals surface area contributed by atoms with E-state index >= 15 is 0 Å². The quantitative estimate of drug-likeness (QED) is 0.875. The van der Waals surface area contributed by atoms with E-state index in [1.807, 2.05) is 6.07 Å². The van der Waals surface area contributed by atoms with Crippen LogP contribution in [-0.2, 0) is 5.54 Å². The van der Waals surface area contributed by atoms with Gasteiger partial charge < -0.3 is 9.73 Å². The molecule has 3 heteroatoms. The van der Waals surface area contributed by atoms with Gasteiger partial charge in [-0.1, -0.05) is 0 Å². The van der Waals surface area contributed by atoms with Gasteiger partial charge in [-0.3, -0.25) is 0 Å². The highest BCUT2D eigenvalue weighted by molar-refractivity contribution is 5.78. The third-order valence-corrected chi connectivity index (χ3v) is 4.38. The molecule has 1 aliphatic carbocycles. The Bertz CT molecular complexity index is 594. The number of rotatable bonds is 2. The molecule has 18 heavy (non-hydrogen) atoms. The van der Waals surface area contributed by atoms with Crippen LogP contribution in [0, 0.1) is 11.7 Å². The summed E-state index contributed by atoms with van der Waals surface area (Å²) in [5.41, 5.74) is 0.815. The van der Waals surface area contributed by atoms with Crippen molar-refractivity contribution in [1.82, 2.24) is 5.32 Å². The second kappa shape index (κ2) is 3.58. The molecule has 0 radical (unpaired) electrons. The molecule has 2 fully saturated rings. The van der Waals surface area contributed by atoms with Crippen LogP contribution in [0.5, 0.6) is 0 Å². The third kappa shape index (κ3) is 1.43. The molecule has 2 nitrogen and oxygen atoms in total. The van der Waals surface area contributed by atoms with E-state index in [9.17, 15) is 4.39 Å². The van der Waals surface area contributed by atoms with Crippen molar-refractivity contribution >= 4 is 11.0 Å². The first-order valence-electron chi connectivity index (χ1n) is 6.72. The molecule has 94 valence electrons. The minimum absolute atomic E-state index is 0.0233. The van der Waals surface area contributed by atoms with Gasteiger partial charge in [0.15, 0.2) is 0 Å². The molecule has 1 saturated heterocycles. The van der Waals surface area contributed by atoms with Gasteiger partial charge in [-0.05, 0) is 62.4 Å². The van der Waals surface area contributed by atoms with Gasteiger partial charge in [-0.2, -0.15) is 0 Å². The average molecular weight is 245 g/mol. The molecule has 2 aliphatic rings. The largest absolute Gasteiger partial charge is 0.459 e. The zero-order valence-electron chi connectivity index (χ0n) is 10.2. The highest BCUT2D eigenvalue weighted by Gasteiger charge is 2.50. The number of hydrogen-bond donors (Lipinski definition) is 1. The fraction of sp³-hybridized carbons (Fsp3) is 0.467. The number of benzene rings is 1. The van der Waals surface area contributed by atoms with Gasteiger partial charge in [-0.25, -0.2) is 4.39 Å². The van der Waals surface area contributed by atoms with Crippen LogP contribution in [0.15, 0.2) is 28.7 Å². The maximum absolute atomic E-state index is 13.2. The Balaban J connectivity index is 1.85. The lowest BCUT2D eigenvalue weighted by Crippen LogP contribution is -2.38. The summed E-state index contributed by atoms with van der Waals surface area (Å²) in [6.45, 7) is 1.06. The molecule has 1 atom stereocenters. The van der Waals surface area contributed by atoms with Crippen molar-refractivity contribution in [3.8, 4) is 0 Å². The molecule has 1 aromatic carbocycles. The molecule has 1 N–H and O–H groups in total. The highest BCUT2D eigenvalue weighted by atomic mass is 19.1. The Hall–Kier alpha value is -1.35. The Morgan fingerprint density at radius 3 is 2.89 bits per heavy atom. The normalized spacial score (nSPS) is 28.1. The number of halogens is 1. The number of nitrogens with one attached hydrogen (secondary N) is 1. The van der Waals surface area contributed by atoms with Crippen molar-refractivity contribution in [1.29, 1.82) is 0 Å². The zero-order chi connectivity index (χ0) is 12.2. The smallest absolute Gasteiger partial charge is 0.134 e. The summed E-state index contributed by atoms with van der Waals surface area (Å²) in [5, 5.41) is 4.51. The van der Waals surface area contributed by atoms with Crippen LogP contribution in [-0.4, -0.2) is 6.54 Å². The van der Waals surface area contributed by atoms with Crippen LogP contribution in [0.25, 0.3) is 11.0 Å². The van der Waals surface area contributed by atoms with E-state index in [0.29, 0.717) is 5.92 Å². The van der Waals surface area contributed by atoms with Crippen LogP contribution < -0.4 is 5.32 Å². The third-order valence-electron chi connectivity index (χ3n) is 4.38. The SMILES string of the molecule is Fc1ccc2oc(C3(C4CC4)CCCN3)cc2c1. The Labute approximate surface area is 105 Å². The maximum Gasteiger partial charge on any atom is 0.134 e. The molecule has 2 heterocycles. The van der Waals surface area contributed by atoms with Gasteiger partial charge in [-0.15, -0.1) is 0 Å². The predicted octanol–water partition coefficient (Wildman–Crippen LogP) is 3.56. The summed E-state index contributed by atoms with van der Waals surface area (Å²) in [7, 11) is 0. The fourth-order valence-electron chi connectivity index (χ4n) is 3.34. The molecule has 2 aromatic rings. The van der Waals surface area contributed by atoms with Crippen LogP contribution in [0.3, 0.4) is 0 Å². The maximum atomic E-state index is 13.2. The molecule has 1 aromatic heterocycles. The lowest BCUT2D eigenvalue weighted by Gasteiger charge is -2.27. The Morgan fingerprint density at radius 1 is 1.28 bits per heavy atom. The summed E-state index contributed by atoms with van der Waals surface area (Å²) in [6.07, 6.45) is 4.89. The van der Waals surface area contributed by atoms with Gasteiger partial charge in [0, 0.05) is 5.39 Å². The van der Waals surface area contributed by atoms with Gasteiger partial charge in [0.25, 0.3) is 0 Å². The van der Waals surface area contributed by atoms with Crippen molar-refractivity contribution in [3.63, 3.8) is 0 Å². The van der Waals surface area contributed by atoms with E-state index in [1.165, 1.54) is 25.3 Å². The van der Waals surface area contributed by atoms with Crippen molar-refractivity contribution in [2.24, 2.45) is 5.92 Å². The number of hydrogen-bond acceptors (Lipinski definition) is 2. The first-order valence-corrected chi connectivity index (χ1v) is 6.72. The monoisotopic (exact) mass is 245 g/mol. The van der Waals surface area contributed by atoms with E-state index in [0.717, 1.165) is 29.7 Å². The number of furan rings is 1. The molecule has 0 spiro atoms. The molecule has 0 amide bonds. The first-order chi connectivity index (χ1) is 8.78. The summed E-state index contributed by atoms with van der Waals surface area (Å²) < 4.78 is 19.2. The predicted molar refractivity (Wildman–Crippen MR) is 67.8 cm³/mol. The van der Waals surface area contributed by atoms with E-state index in [2.05, 4.69) is 5.32 Å². The molecular weight excluding hydrogens is 229 g/mol. The van der Waals surface area contributed by atoms with Crippen LogP contribution in [0.4, 0.5) is 4.39 Å². The second-order valence-corrected chi connectivity index (χ2v) is 5.57. The topological polar surface area (TPSA) is 25.2 Å². The number of fused-ring (bicyclic) bond motifs is 1. The van der Waals surface area contributed by atoms with Gasteiger partial charge in [0.1, 0.15) is 17.2 Å². The lowest BCUT2D eigenvalue weighted by atomic mass is 9.88. The van der Waals surface area contributed by atoms with Gasteiger partial charge in [0.05, 0.1) is 5.54 Å². The summed E-state index contributed by atoms with van der Waals surface area (Å²) in [4.78, 5) is 0. The second-order valence-electron chi connectivity index (χ2n) is 5.57. The van der Waals surface area contributed by atoms with E-state index < -0.39 is 0 Å². The summed E-state index contributed by atoms with van der Waals surface area (Å²) in [5.74, 6) is 1.50. The minimum atomic E-state index is -0.199. The Kier molecular flexibility index (Phi) is 2.10. The molecule has 1 aliphatic heterocycles. The van der Waals surface area contributed by atoms with Crippen molar-refractivity contribution in [2.45, 2.75) is 31.2 Å². The Morgan fingerprint density at radius 2 is 2.17 bits per heavy atom. The summed E-state index contributed by atoms with van der Waals surface area (Å²) in [6, 6.07) is 6.76. The van der Waals surface area contributed by atoms with E-state index in [-0.39, 0.29) is 11.4 Å². The highest BCUT2D eigenvalue weighted by Crippen LogP contribution is 2.51. The lowest BCUT2D eigenvalue weighted by molar-refractivity contribution is 0.275. The van der Waals surface area contributed by atoms with Gasteiger partial charge in [0.2, 0.25) is 0 Å². The van der Waals surface area contributed by atoms with Crippen LogP contribution in [0.1, 0.15) is 31.4 Å². The zero-order valence-corrected chi connectivity index (χ0v) is 10.2. The average Bonchev–Trinajstić information content (AvgIpc) is 2.96. The van der Waals surface area contributed by atoms with Crippen LogP contribution in [0.2, 0.25) is 0 Å². The molecule has 4 rings (SSSR count). The van der Waals surface area contributed by atoms with Gasteiger partial charge >= 0.3 is 0 Å². The van der Waals surface area contributed by atoms with Crippen LogP contribution >= 0.6 is 0 Å². The first kappa shape index (κ1) is 10.6. The molecule has 0 bridgehead atoms. The van der Waals surface area contributed by atoms with E-state index in [1.54, 1.807) is 12.1 Å². The fourth-order valence-corrected chi connectivity index (χ4v) is 3.34. The van der Waals surface area contributed by atoms with Crippen molar-refractivity contribution < 1.29 is 8.81 Å². The van der Waals surface area contributed by atoms with Crippen molar-refractivity contribution in [2.75, 3.05) is 6.54 Å². The standard InChI is InChI=1S/C15H16FNO/c16-12-4-5-13-10(8-12)9-14(18-13)15(11-2-3-11)6-1-7-17-15/h4-5,8-9,11,17H,1-3,6-7H2. The van der Waals surface area contributed by atoms with Crippen molar-refractivity contribution in [3.05, 3.63) is 35.8 Å². The minimum Gasteiger partial charge on any atom is -0.459 e. The summed E-state index contributed by atoms with van der Waals surface area (Å²) >= 11 is 0. The molecule has 1 unspecified atom stereocenters. The molecular formula is C15H16FNO.